The summed E-state index contributed by atoms with van der Waals surface area (Å²) in [6, 6.07) is 14.1. The molecule has 2 aromatic carbocycles. The summed E-state index contributed by atoms with van der Waals surface area (Å²) in [6.45, 7) is 4.78. The molecule has 0 unspecified atom stereocenters. The van der Waals surface area contributed by atoms with Gasteiger partial charge in [-0.2, -0.15) is 0 Å². The van der Waals surface area contributed by atoms with Crippen molar-refractivity contribution >= 4 is 56.2 Å². The Morgan fingerprint density at radius 3 is 2.50 bits per heavy atom. The van der Waals surface area contributed by atoms with E-state index < -0.39 is 0 Å². The van der Waals surface area contributed by atoms with Crippen LogP contribution in [0.1, 0.15) is 24.5 Å². The molecular weight excluding hydrogens is 434 g/mol. The van der Waals surface area contributed by atoms with Crippen molar-refractivity contribution in [1.82, 2.24) is 4.90 Å². The van der Waals surface area contributed by atoms with Crippen LogP contribution < -0.4 is 4.90 Å². The SMILES string of the molecule is CCCN1C(=O)/C(=C\c2ccc(N(C)C)c(Br)c2)SC1=Nc1ccc(C)cc1. The van der Waals surface area contributed by atoms with Gasteiger partial charge in [-0.3, -0.25) is 9.69 Å². The second-order valence-electron chi connectivity index (χ2n) is 6.90. The molecule has 1 amide bonds. The molecule has 146 valence electrons. The summed E-state index contributed by atoms with van der Waals surface area (Å²) in [5.41, 5.74) is 4.14. The van der Waals surface area contributed by atoms with Crippen molar-refractivity contribution in [2.24, 2.45) is 4.99 Å². The lowest BCUT2D eigenvalue weighted by atomic mass is 10.2. The number of nitrogens with zero attached hydrogens (tertiary/aromatic N) is 3. The third-order valence-corrected chi connectivity index (χ3v) is 5.99. The maximum absolute atomic E-state index is 13.0. The highest BCUT2D eigenvalue weighted by molar-refractivity contribution is 9.10. The largest absolute Gasteiger partial charge is 0.377 e. The molecule has 1 heterocycles. The molecule has 28 heavy (non-hydrogen) atoms. The summed E-state index contributed by atoms with van der Waals surface area (Å²) in [5.74, 6) is 0.0190. The Morgan fingerprint density at radius 2 is 1.89 bits per heavy atom. The lowest BCUT2D eigenvalue weighted by Gasteiger charge is -2.15. The van der Waals surface area contributed by atoms with Gasteiger partial charge < -0.3 is 4.90 Å². The van der Waals surface area contributed by atoms with E-state index in [0.717, 1.165) is 33.0 Å². The molecule has 4 nitrogen and oxygen atoms in total. The van der Waals surface area contributed by atoms with Crippen LogP contribution in [-0.4, -0.2) is 36.6 Å². The van der Waals surface area contributed by atoms with Crippen LogP contribution in [0.5, 0.6) is 0 Å². The van der Waals surface area contributed by atoms with E-state index >= 15 is 0 Å². The number of halogens is 1. The minimum absolute atomic E-state index is 0.0190. The zero-order valence-corrected chi connectivity index (χ0v) is 19.0. The van der Waals surface area contributed by atoms with Gasteiger partial charge in [-0.25, -0.2) is 4.99 Å². The number of carbonyl (C=O) groups is 1. The first-order chi connectivity index (χ1) is 13.4. The molecule has 1 fully saturated rings. The fourth-order valence-corrected chi connectivity index (χ4v) is 4.64. The van der Waals surface area contributed by atoms with Gasteiger partial charge in [0.15, 0.2) is 5.17 Å². The molecule has 0 N–H and O–H groups in total. The van der Waals surface area contributed by atoms with Crippen LogP contribution in [0.4, 0.5) is 11.4 Å². The van der Waals surface area contributed by atoms with Gasteiger partial charge in [-0.1, -0.05) is 30.7 Å². The zero-order chi connectivity index (χ0) is 20.3. The van der Waals surface area contributed by atoms with Crippen LogP contribution in [0.3, 0.4) is 0 Å². The Kier molecular flexibility index (Phi) is 6.62. The van der Waals surface area contributed by atoms with Crippen LogP contribution in [0.25, 0.3) is 6.08 Å². The third-order valence-electron chi connectivity index (χ3n) is 4.35. The van der Waals surface area contributed by atoms with Gasteiger partial charge >= 0.3 is 0 Å². The number of benzene rings is 2. The second-order valence-corrected chi connectivity index (χ2v) is 8.77. The Balaban J connectivity index is 1.92. The van der Waals surface area contributed by atoms with Crippen LogP contribution >= 0.6 is 27.7 Å². The molecule has 1 aliphatic heterocycles. The maximum atomic E-state index is 13.0. The quantitative estimate of drug-likeness (QED) is 0.529. The van der Waals surface area contributed by atoms with Crippen molar-refractivity contribution in [3.05, 3.63) is 63.0 Å². The van der Waals surface area contributed by atoms with E-state index in [2.05, 4.69) is 29.8 Å². The topological polar surface area (TPSA) is 35.9 Å². The van der Waals surface area contributed by atoms with Crippen molar-refractivity contribution in [3.63, 3.8) is 0 Å². The summed E-state index contributed by atoms with van der Waals surface area (Å²) in [4.78, 5) is 22.2. The van der Waals surface area contributed by atoms with Gasteiger partial charge in [0.1, 0.15) is 0 Å². The minimum Gasteiger partial charge on any atom is -0.377 e. The van der Waals surface area contributed by atoms with Gasteiger partial charge in [0.2, 0.25) is 0 Å². The monoisotopic (exact) mass is 457 g/mol. The average molecular weight is 458 g/mol. The van der Waals surface area contributed by atoms with Crippen LogP contribution in [0, 0.1) is 6.92 Å². The van der Waals surface area contributed by atoms with E-state index in [1.807, 2.05) is 67.5 Å². The van der Waals surface area contributed by atoms with Crippen LogP contribution in [0.15, 0.2) is 56.8 Å². The predicted molar refractivity (Wildman–Crippen MR) is 124 cm³/mol. The molecule has 0 atom stereocenters. The number of amidine groups is 1. The molecule has 0 aromatic heterocycles. The summed E-state index contributed by atoms with van der Waals surface area (Å²) >= 11 is 5.05. The smallest absolute Gasteiger partial charge is 0.266 e. The number of aliphatic imine (C=N–C) groups is 1. The highest BCUT2D eigenvalue weighted by atomic mass is 79.9. The highest BCUT2D eigenvalue weighted by Gasteiger charge is 2.32. The molecule has 0 aliphatic carbocycles. The molecule has 0 saturated carbocycles. The summed E-state index contributed by atoms with van der Waals surface area (Å²) in [6.07, 6.45) is 2.83. The molecule has 3 rings (SSSR count). The number of anilines is 1. The lowest BCUT2D eigenvalue weighted by Crippen LogP contribution is -2.29. The van der Waals surface area contributed by atoms with E-state index in [1.54, 1.807) is 4.90 Å². The number of hydrogen-bond donors (Lipinski definition) is 0. The number of carbonyl (C=O) groups excluding carboxylic acids is 1. The first-order valence-electron chi connectivity index (χ1n) is 9.22. The fraction of sp³-hybridized carbons (Fsp3) is 0.273. The molecule has 0 spiro atoms. The van der Waals surface area contributed by atoms with Crippen LogP contribution in [0.2, 0.25) is 0 Å². The number of aryl methyl sites for hydroxylation is 1. The van der Waals surface area contributed by atoms with Gasteiger partial charge in [0.05, 0.1) is 16.3 Å². The molecule has 2 aromatic rings. The number of amides is 1. The van der Waals surface area contributed by atoms with Crippen molar-refractivity contribution in [1.29, 1.82) is 0 Å². The maximum Gasteiger partial charge on any atom is 0.266 e. The first-order valence-corrected chi connectivity index (χ1v) is 10.8. The molecule has 1 saturated heterocycles. The Hall–Kier alpha value is -2.05. The summed E-state index contributed by atoms with van der Waals surface area (Å²) in [5, 5.41) is 0.742. The zero-order valence-electron chi connectivity index (χ0n) is 16.6. The normalized spacial score (nSPS) is 17.0. The fourth-order valence-electron chi connectivity index (χ4n) is 2.87. The summed E-state index contributed by atoms with van der Waals surface area (Å²) in [7, 11) is 4.01. The van der Waals surface area contributed by atoms with E-state index in [-0.39, 0.29) is 5.91 Å². The number of rotatable bonds is 5. The molecule has 0 bridgehead atoms. The van der Waals surface area contributed by atoms with Gasteiger partial charge in [0.25, 0.3) is 5.91 Å². The second kappa shape index (κ2) is 8.97. The Morgan fingerprint density at radius 1 is 1.18 bits per heavy atom. The average Bonchev–Trinajstić information content (AvgIpc) is 2.92. The molecule has 1 aliphatic rings. The minimum atomic E-state index is 0.0190. The van der Waals surface area contributed by atoms with E-state index in [1.165, 1.54) is 17.3 Å². The summed E-state index contributed by atoms with van der Waals surface area (Å²) < 4.78 is 1.00. The van der Waals surface area contributed by atoms with Crippen molar-refractivity contribution in [2.45, 2.75) is 20.3 Å². The Bertz CT molecular complexity index is 935. The first kappa shape index (κ1) is 20.7. The van der Waals surface area contributed by atoms with E-state index in [0.29, 0.717) is 11.4 Å². The van der Waals surface area contributed by atoms with Crippen LogP contribution in [-0.2, 0) is 4.79 Å². The molecule has 6 heteroatoms. The van der Waals surface area contributed by atoms with E-state index in [9.17, 15) is 4.79 Å². The Labute approximate surface area is 179 Å². The van der Waals surface area contributed by atoms with Gasteiger partial charge in [0, 0.05) is 25.1 Å². The van der Waals surface area contributed by atoms with Crippen molar-refractivity contribution in [2.75, 3.05) is 25.5 Å². The van der Waals surface area contributed by atoms with E-state index in [4.69, 9.17) is 4.99 Å². The lowest BCUT2D eigenvalue weighted by molar-refractivity contribution is -0.122. The predicted octanol–water partition coefficient (Wildman–Crippen LogP) is 5.84. The number of hydrogen-bond acceptors (Lipinski definition) is 4. The van der Waals surface area contributed by atoms with Gasteiger partial charge in [-0.15, -0.1) is 0 Å². The third kappa shape index (κ3) is 4.67. The van der Waals surface area contributed by atoms with Crippen molar-refractivity contribution in [3.8, 4) is 0 Å². The van der Waals surface area contributed by atoms with Gasteiger partial charge in [-0.05, 0) is 76.9 Å². The highest BCUT2D eigenvalue weighted by Crippen LogP contribution is 2.35. The standard InChI is InChI=1S/C22H24BrN3OS/c1-5-12-26-21(27)20(14-16-8-11-19(25(3)4)18(23)13-16)28-22(26)24-17-9-6-15(2)7-10-17/h6-11,13-14H,5,12H2,1-4H3/b20-14+,24-22?. The number of thioether (sulfide) groups is 1. The molecular formula is C22H24BrN3OS. The molecule has 0 radical (unpaired) electrons. The van der Waals surface area contributed by atoms with Crippen molar-refractivity contribution < 1.29 is 4.79 Å².